The van der Waals surface area contributed by atoms with Gasteiger partial charge in [0.2, 0.25) is 5.70 Å². The molecule has 3 aromatic rings. The first-order valence-electron chi connectivity index (χ1n) is 9.69. The Hall–Kier alpha value is -3.38. The molecule has 1 aliphatic heterocycles. The van der Waals surface area contributed by atoms with Crippen molar-refractivity contribution in [3.63, 3.8) is 0 Å². The second-order valence-electron chi connectivity index (χ2n) is 7.15. The molecule has 30 heavy (non-hydrogen) atoms. The zero-order valence-electron chi connectivity index (χ0n) is 16.8. The zero-order chi connectivity index (χ0) is 21.1. The van der Waals surface area contributed by atoms with Crippen LogP contribution in [0.1, 0.15) is 16.7 Å². The van der Waals surface area contributed by atoms with E-state index in [1.165, 1.54) is 0 Å². The van der Waals surface area contributed by atoms with E-state index in [9.17, 15) is 5.11 Å². The number of thiocarbonyl (C=S) groups is 1. The number of fused-ring (bicyclic) bond motifs is 1. The van der Waals surface area contributed by atoms with Crippen LogP contribution in [-0.4, -0.2) is 18.2 Å². The maximum atomic E-state index is 13.6. The van der Waals surface area contributed by atoms with Gasteiger partial charge in [-0.3, -0.25) is 0 Å². The van der Waals surface area contributed by atoms with Crippen LogP contribution in [0.2, 0.25) is 0 Å². The smallest absolute Gasteiger partial charge is 0.238 e. The number of nitrogens with zero attached hydrogens (tertiary/aromatic N) is 1. The van der Waals surface area contributed by atoms with E-state index in [0.717, 1.165) is 16.8 Å². The first-order valence-corrected chi connectivity index (χ1v) is 10.1. The van der Waals surface area contributed by atoms with E-state index in [-0.39, 0.29) is 5.76 Å². The predicted molar refractivity (Wildman–Crippen MR) is 119 cm³/mol. The Balaban J connectivity index is 1.79. The topological polar surface area (TPSA) is 57.4 Å². The van der Waals surface area contributed by atoms with E-state index in [0.29, 0.717) is 41.0 Å². The summed E-state index contributed by atoms with van der Waals surface area (Å²) in [5, 5.41) is 16.8. The summed E-state index contributed by atoms with van der Waals surface area (Å²) < 4.78 is 13.0. The molecule has 0 spiro atoms. The van der Waals surface area contributed by atoms with Crippen LogP contribution in [-0.2, 0) is 0 Å². The van der Waals surface area contributed by atoms with Gasteiger partial charge in [-0.25, -0.2) is 0 Å². The van der Waals surface area contributed by atoms with Gasteiger partial charge in [0.25, 0.3) is 0 Å². The van der Waals surface area contributed by atoms with Gasteiger partial charge >= 0.3 is 0 Å². The highest BCUT2D eigenvalue weighted by atomic mass is 32.1. The molecule has 0 aliphatic carbocycles. The Labute approximate surface area is 181 Å². The maximum absolute atomic E-state index is 13.6. The van der Waals surface area contributed by atoms with Crippen LogP contribution in [0.25, 0.3) is 11.5 Å². The molecule has 0 radical (unpaired) electrons. The summed E-state index contributed by atoms with van der Waals surface area (Å²) in [4.78, 5) is 0.344. The number of ether oxygens (including phenoxy) is 2. The van der Waals surface area contributed by atoms with Crippen molar-refractivity contribution in [2.24, 2.45) is 0 Å². The lowest BCUT2D eigenvalue weighted by molar-refractivity contribution is -0.578. The van der Waals surface area contributed by atoms with Crippen LogP contribution in [0.5, 0.6) is 11.5 Å². The van der Waals surface area contributed by atoms with Crippen LogP contribution >= 0.6 is 12.2 Å². The van der Waals surface area contributed by atoms with Gasteiger partial charge in [0.05, 0.1) is 0 Å². The minimum absolute atomic E-state index is 0.201. The standard InChI is InChI=1S/C24H22N2O3S/c1-16-5-3-7-19(13-16)25-24(30)22(26-10-4-6-17(2)15-26)23(27)18-8-9-20-21(14-18)29-12-11-28-20/h3-10,13-15H,11-12H2,1-2H3,(H-,25,27,30). The highest BCUT2D eigenvalue weighted by Gasteiger charge is 2.20. The molecule has 4 rings (SSSR count). The van der Waals surface area contributed by atoms with Crippen molar-refractivity contribution in [3.05, 3.63) is 83.7 Å². The van der Waals surface area contributed by atoms with Gasteiger partial charge in [0.1, 0.15) is 13.2 Å². The molecular formula is C24H22N2O3S. The van der Waals surface area contributed by atoms with Crippen molar-refractivity contribution in [3.8, 4) is 11.5 Å². The number of aromatic nitrogens is 1. The normalized spacial score (nSPS) is 13.4. The molecule has 5 nitrogen and oxygen atoms in total. The molecule has 1 N–H and O–H groups in total. The molecule has 2 heterocycles. The summed E-state index contributed by atoms with van der Waals surface area (Å²) in [6.07, 6.45) is 3.71. The Morgan fingerprint density at radius 2 is 1.73 bits per heavy atom. The van der Waals surface area contributed by atoms with Crippen LogP contribution in [0.4, 0.5) is 5.69 Å². The first kappa shape index (κ1) is 19.9. The van der Waals surface area contributed by atoms with E-state index >= 15 is 0 Å². The Morgan fingerprint density at radius 1 is 0.967 bits per heavy atom. The molecular weight excluding hydrogens is 396 g/mol. The van der Waals surface area contributed by atoms with E-state index < -0.39 is 0 Å². The van der Waals surface area contributed by atoms with Crippen LogP contribution in [0.15, 0.2) is 67.0 Å². The number of hydrogen-bond acceptors (Lipinski definition) is 4. The molecule has 0 amide bonds. The van der Waals surface area contributed by atoms with Crippen molar-refractivity contribution in [2.75, 3.05) is 18.5 Å². The second-order valence-corrected chi connectivity index (χ2v) is 7.56. The summed E-state index contributed by atoms with van der Waals surface area (Å²) in [7, 11) is 0. The van der Waals surface area contributed by atoms with Crippen molar-refractivity contribution in [1.82, 2.24) is 0 Å². The number of hydrogen-bond donors (Lipinski definition) is 1. The van der Waals surface area contributed by atoms with Gasteiger partial charge < -0.3 is 19.9 Å². The van der Waals surface area contributed by atoms with Crippen LogP contribution in [0, 0.1) is 13.8 Å². The summed E-state index contributed by atoms with van der Waals surface area (Å²) >= 11 is 5.68. The lowest BCUT2D eigenvalue weighted by atomic mass is 10.1. The third-order valence-corrected chi connectivity index (χ3v) is 5.01. The molecule has 1 aliphatic rings. The monoisotopic (exact) mass is 418 g/mol. The van der Waals surface area contributed by atoms with Crippen LogP contribution < -0.4 is 24.5 Å². The van der Waals surface area contributed by atoms with Gasteiger partial charge in [-0.05, 0) is 61.1 Å². The van der Waals surface area contributed by atoms with Crippen molar-refractivity contribution >= 4 is 34.3 Å². The van der Waals surface area contributed by atoms with Gasteiger partial charge in [-0.1, -0.05) is 30.4 Å². The van der Waals surface area contributed by atoms with Gasteiger partial charge in [-0.2, -0.15) is 4.57 Å². The highest BCUT2D eigenvalue weighted by molar-refractivity contribution is 7.81. The SMILES string of the molecule is Cc1cccc(NC(=S)C(=C([O-])c2ccc3c(c2)OCCO3)[n+]2cccc(C)c2)c1. The number of pyridine rings is 1. The average molecular weight is 419 g/mol. The Kier molecular flexibility index (Phi) is 5.68. The molecule has 0 bridgehead atoms. The van der Waals surface area contributed by atoms with Crippen LogP contribution in [0.3, 0.4) is 0 Å². The number of aryl methyl sites for hydroxylation is 2. The molecule has 0 saturated heterocycles. The second kappa shape index (κ2) is 8.55. The molecule has 0 fully saturated rings. The number of rotatable bonds is 4. The third kappa shape index (κ3) is 4.28. The quantitative estimate of drug-likeness (QED) is 0.304. The van der Waals surface area contributed by atoms with E-state index in [1.54, 1.807) is 22.8 Å². The van der Waals surface area contributed by atoms with Gasteiger partial charge in [-0.15, -0.1) is 0 Å². The molecule has 0 saturated carbocycles. The van der Waals surface area contributed by atoms with E-state index in [2.05, 4.69) is 5.32 Å². The van der Waals surface area contributed by atoms with Gasteiger partial charge in [0.15, 0.2) is 28.9 Å². The molecule has 0 atom stereocenters. The average Bonchev–Trinajstić information content (AvgIpc) is 2.73. The summed E-state index contributed by atoms with van der Waals surface area (Å²) in [6, 6.07) is 16.9. The molecule has 1 aromatic heterocycles. The maximum Gasteiger partial charge on any atom is 0.238 e. The van der Waals surface area contributed by atoms with E-state index in [1.807, 2.05) is 62.6 Å². The molecule has 2 aromatic carbocycles. The van der Waals surface area contributed by atoms with Crippen molar-refractivity contribution in [2.45, 2.75) is 13.8 Å². The minimum Gasteiger partial charge on any atom is -0.867 e. The molecule has 6 heteroatoms. The van der Waals surface area contributed by atoms with E-state index in [4.69, 9.17) is 21.7 Å². The zero-order valence-corrected chi connectivity index (χ0v) is 17.7. The number of nitrogens with one attached hydrogen (secondary N) is 1. The van der Waals surface area contributed by atoms with Crippen molar-refractivity contribution in [1.29, 1.82) is 0 Å². The molecule has 0 unspecified atom stereocenters. The highest BCUT2D eigenvalue weighted by Crippen LogP contribution is 2.32. The third-order valence-electron chi connectivity index (χ3n) is 4.72. The summed E-state index contributed by atoms with van der Waals surface area (Å²) in [6.45, 7) is 4.94. The predicted octanol–water partition coefficient (Wildman–Crippen LogP) is 3.49. The first-order chi connectivity index (χ1) is 14.5. The van der Waals surface area contributed by atoms with Gasteiger partial charge in [0, 0.05) is 17.3 Å². The fraction of sp³-hybridized carbons (Fsp3) is 0.167. The lowest BCUT2D eigenvalue weighted by Crippen LogP contribution is -2.40. The number of anilines is 1. The van der Waals surface area contributed by atoms with Crippen molar-refractivity contribution < 1.29 is 19.1 Å². The largest absolute Gasteiger partial charge is 0.867 e. The molecule has 152 valence electrons. The number of benzene rings is 2. The fourth-order valence-electron chi connectivity index (χ4n) is 3.30. The Bertz CT molecular complexity index is 1140. The lowest BCUT2D eigenvalue weighted by Gasteiger charge is -2.21. The fourth-order valence-corrected chi connectivity index (χ4v) is 3.62. The minimum atomic E-state index is -0.201. The Morgan fingerprint density at radius 3 is 2.50 bits per heavy atom. The summed E-state index contributed by atoms with van der Waals surface area (Å²) in [5.74, 6) is 1.01. The summed E-state index contributed by atoms with van der Waals surface area (Å²) in [5.41, 5.74) is 3.80.